The minimum atomic E-state index is -3.50. The highest BCUT2D eigenvalue weighted by molar-refractivity contribution is 7.89. The number of esters is 1. The fourth-order valence-corrected chi connectivity index (χ4v) is 4.32. The van der Waals surface area contributed by atoms with Crippen molar-refractivity contribution in [3.05, 3.63) is 60.2 Å². The van der Waals surface area contributed by atoms with E-state index in [0.717, 1.165) is 11.3 Å². The summed E-state index contributed by atoms with van der Waals surface area (Å²) in [6.45, 7) is 2.04. The number of carbonyl (C=O) groups excluding carboxylic acids is 1. The van der Waals surface area contributed by atoms with Gasteiger partial charge in [0.15, 0.2) is 0 Å². The molecule has 0 radical (unpaired) electrons. The van der Waals surface area contributed by atoms with E-state index in [1.165, 1.54) is 4.31 Å². The molecular weight excluding hydrogens is 394 g/mol. The van der Waals surface area contributed by atoms with Gasteiger partial charge in [-0.15, -0.1) is 0 Å². The molecule has 0 N–H and O–H groups in total. The molecule has 0 unspecified atom stereocenters. The third-order valence-electron chi connectivity index (χ3n) is 4.51. The second-order valence-electron chi connectivity index (χ2n) is 6.54. The van der Waals surface area contributed by atoms with E-state index in [9.17, 15) is 13.2 Å². The van der Waals surface area contributed by atoms with Crippen LogP contribution in [0.3, 0.4) is 0 Å². The number of para-hydroxylation sites is 1. The summed E-state index contributed by atoms with van der Waals surface area (Å²) in [5.74, 6) is 0.419. The van der Waals surface area contributed by atoms with E-state index in [1.807, 2.05) is 30.3 Å². The van der Waals surface area contributed by atoms with Crippen LogP contribution in [-0.2, 0) is 30.7 Å². The van der Waals surface area contributed by atoms with Crippen LogP contribution in [0.25, 0.3) is 0 Å². The topological polar surface area (TPSA) is 82.1 Å². The molecule has 1 fully saturated rings. The highest BCUT2D eigenvalue weighted by atomic mass is 32.2. The van der Waals surface area contributed by atoms with Crippen molar-refractivity contribution in [1.82, 2.24) is 4.31 Å². The maximum atomic E-state index is 12.6. The second kappa shape index (κ2) is 10.4. The summed E-state index contributed by atoms with van der Waals surface area (Å²) in [7, 11) is -3.50. The minimum absolute atomic E-state index is 0.185. The smallest absolute Gasteiger partial charge is 0.306 e. The quantitative estimate of drug-likeness (QED) is 0.458. The van der Waals surface area contributed by atoms with Crippen molar-refractivity contribution in [3.8, 4) is 5.75 Å². The first-order valence-corrected chi connectivity index (χ1v) is 11.0. The summed E-state index contributed by atoms with van der Waals surface area (Å²) in [4.78, 5) is 12.1. The third kappa shape index (κ3) is 6.28. The summed E-state index contributed by atoms with van der Waals surface area (Å²) >= 11 is 0. The summed E-state index contributed by atoms with van der Waals surface area (Å²) < 4.78 is 42.5. The number of morpholine rings is 1. The van der Waals surface area contributed by atoms with Gasteiger partial charge >= 0.3 is 5.97 Å². The van der Waals surface area contributed by atoms with Gasteiger partial charge in [0, 0.05) is 19.5 Å². The van der Waals surface area contributed by atoms with Crippen LogP contribution < -0.4 is 4.74 Å². The van der Waals surface area contributed by atoms with Crippen LogP contribution in [0, 0.1) is 0 Å². The molecule has 156 valence electrons. The van der Waals surface area contributed by atoms with Gasteiger partial charge in [-0.1, -0.05) is 30.3 Å². The van der Waals surface area contributed by atoms with E-state index < -0.39 is 10.0 Å². The zero-order valence-electron chi connectivity index (χ0n) is 16.2. The van der Waals surface area contributed by atoms with Gasteiger partial charge in [-0.2, -0.15) is 4.31 Å². The van der Waals surface area contributed by atoms with Gasteiger partial charge in [0.2, 0.25) is 10.0 Å². The number of rotatable bonds is 9. The zero-order valence-corrected chi connectivity index (χ0v) is 17.0. The Labute approximate surface area is 171 Å². The van der Waals surface area contributed by atoms with E-state index in [2.05, 4.69) is 0 Å². The van der Waals surface area contributed by atoms with Crippen LogP contribution in [0.5, 0.6) is 5.75 Å². The van der Waals surface area contributed by atoms with Crippen LogP contribution in [0.1, 0.15) is 12.0 Å². The average Bonchev–Trinajstić information content (AvgIpc) is 2.77. The highest BCUT2D eigenvalue weighted by Crippen LogP contribution is 2.18. The Balaban J connectivity index is 1.41. The van der Waals surface area contributed by atoms with Crippen molar-refractivity contribution in [2.24, 2.45) is 0 Å². The Morgan fingerprint density at radius 3 is 2.34 bits per heavy atom. The minimum Gasteiger partial charge on any atom is -0.490 e. The standard InChI is InChI=1S/C21H25NO6S/c23-21(28-17-16-27-19-4-2-1-3-5-19)11-8-18-6-9-20(10-7-18)29(24,25)22-12-14-26-15-13-22/h1-7,9-10H,8,11-17H2. The monoisotopic (exact) mass is 419 g/mol. The predicted octanol–water partition coefficient (Wildman–Crippen LogP) is 2.26. The van der Waals surface area contributed by atoms with Crippen LogP contribution in [-0.4, -0.2) is 58.2 Å². The molecule has 0 amide bonds. The maximum Gasteiger partial charge on any atom is 0.306 e. The first kappa shape index (κ1) is 21.3. The van der Waals surface area contributed by atoms with Gasteiger partial charge in [-0.25, -0.2) is 8.42 Å². The number of hydrogen-bond donors (Lipinski definition) is 0. The van der Waals surface area contributed by atoms with Crippen LogP contribution in [0.2, 0.25) is 0 Å². The van der Waals surface area contributed by atoms with E-state index in [1.54, 1.807) is 24.3 Å². The Morgan fingerprint density at radius 2 is 1.66 bits per heavy atom. The molecule has 1 aliphatic heterocycles. The number of nitrogens with zero attached hydrogens (tertiary/aromatic N) is 1. The molecule has 1 saturated heterocycles. The maximum absolute atomic E-state index is 12.6. The number of ether oxygens (including phenoxy) is 3. The average molecular weight is 419 g/mol. The summed E-state index contributed by atoms with van der Waals surface area (Å²) in [5, 5.41) is 0. The van der Waals surface area contributed by atoms with E-state index in [-0.39, 0.29) is 23.9 Å². The lowest BCUT2D eigenvalue weighted by molar-refractivity contribution is -0.144. The lowest BCUT2D eigenvalue weighted by Gasteiger charge is -2.26. The lowest BCUT2D eigenvalue weighted by Crippen LogP contribution is -2.40. The normalized spacial score (nSPS) is 15.0. The Kier molecular flexibility index (Phi) is 7.62. The van der Waals surface area contributed by atoms with Crippen LogP contribution in [0.4, 0.5) is 0 Å². The van der Waals surface area contributed by atoms with Gasteiger partial charge in [0.1, 0.15) is 19.0 Å². The molecule has 0 aliphatic carbocycles. The van der Waals surface area contributed by atoms with E-state index in [4.69, 9.17) is 14.2 Å². The molecule has 1 aliphatic rings. The highest BCUT2D eigenvalue weighted by Gasteiger charge is 2.26. The van der Waals surface area contributed by atoms with Crippen LogP contribution in [0.15, 0.2) is 59.5 Å². The molecule has 0 spiro atoms. The van der Waals surface area contributed by atoms with E-state index >= 15 is 0 Å². The van der Waals surface area contributed by atoms with Gasteiger partial charge in [0.25, 0.3) is 0 Å². The van der Waals surface area contributed by atoms with Crippen molar-refractivity contribution < 1.29 is 27.4 Å². The lowest BCUT2D eigenvalue weighted by atomic mass is 10.1. The van der Waals surface area contributed by atoms with Gasteiger partial charge in [-0.3, -0.25) is 4.79 Å². The van der Waals surface area contributed by atoms with Crippen molar-refractivity contribution in [2.75, 3.05) is 39.5 Å². The number of hydrogen-bond acceptors (Lipinski definition) is 6. The summed E-state index contributed by atoms with van der Waals surface area (Å²) in [5.41, 5.74) is 0.878. The van der Waals surface area contributed by atoms with Crippen molar-refractivity contribution in [2.45, 2.75) is 17.7 Å². The predicted molar refractivity (Wildman–Crippen MR) is 107 cm³/mol. The van der Waals surface area contributed by atoms with Gasteiger partial charge in [-0.05, 0) is 36.2 Å². The second-order valence-corrected chi connectivity index (χ2v) is 8.48. The van der Waals surface area contributed by atoms with Crippen molar-refractivity contribution in [1.29, 1.82) is 0 Å². The zero-order chi connectivity index (χ0) is 20.5. The first-order chi connectivity index (χ1) is 14.1. The Morgan fingerprint density at radius 1 is 0.966 bits per heavy atom. The molecule has 3 rings (SSSR count). The summed E-state index contributed by atoms with van der Waals surface area (Å²) in [6.07, 6.45) is 0.706. The molecule has 1 heterocycles. The van der Waals surface area contributed by atoms with Crippen molar-refractivity contribution >= 4 is 16.0 Å². The first-order valence-electron chi connectivity index (χ1n) is 9.56. The largest absolute Gasteiger partial charge is 0.490 e. The molecule has 0 bridgehead atoms. The summed E-state index contributed by atoms with van der Waals surface area (Å²) in [6, 6.07) is 16.0. The number of sulfonamides is 1. The fraction of sp³-hybridized carbons (Fsp3) is 0.381. The number of benzene rings is 2. The molecule has 29 heavy (non-hydrogen) atoms. The van der Waals surface area contributed by atoms with E-state index in [0.29, 0.717) is 39.3 Å². The molecule has 0 atom stereocenters. The third-order valence-corrected chi connectivity index (χ3v) is 6.42. The molecule has 2 aromatic carbocycles. The van der Waals surface area contributed by atoms with Crippen molar-refractivity contribution in [3.63, 3.8) is 0 Å². The molecule has 7 nitrogen and oxygen atoms in total. The number of carbonyl (C=O) groups is 1. The Hall–Kier alpha value is -2.42. The van der Waals surface area contributed by atoms with Crippen LogP contribution >= 0.6 is 0 Å². The molecule has 0 aromatic heterocycles. The fourth-order valence-electron chi connectivity index (χ4n) is 2.91. The number of aryl methyl sites for hydroxylation is 1. The van der Waals surface area contributed by atoms with Gasteiger partial charge in [0.05, 0.1) is 18.1 Å². The molecular formula is C21H25NO6S. The molecule has 8 heteroatoms. The Bertz CT molecular complexity index is 877. The molecule has 0 saturated carbocycles. The molecule has 2 aromatic rings. The SMILES string of the molecule is O=C(CCc1ccc(S(=O)(=O)N2CCOCC2)cc1)OCCOc1ccccc1. The van der Waals surface area contributed by atoms with Gasteiger partial charge < -0.3 is 14.2 Å².